The summed E-state index contributed by atoms with van der Waals surface area (Å²) >= 11 is 0. The lowest BCUT2D eigenvalue weighted by atomic mass is 9.99. The Bertz CT molecular complexity index is 753. The second kappa shape index (κ2) is 10.3. The molecule has 1 heterocycles. The topological polar surface area (TPSA) is 44.4 Å². The summed E-state index contributed by atoms with van der Waals surface area (Å²) in [6.45, 7) is 0.771. The molecule has 2 atom stereocenters. The fraction of sp³-hybridized carbons (Fsp3) is 0.435. The minimum atomic E-state index is -0.199. The Hall–Kier alpha value is -2.24. The van der Waals surface area contributed by atoms with Gasteiger partial charge in [-0.15, -0.1) is 0 Å². The number of benzene rings is 2. The molecule has 2 N–H and O–H groups in total. The molecule has 2 unspecified atom stereocenters. The highest BCUT2D eigenvalue weighted by atomic mass is 19.1. The van der Waals surface area contributed by atoms with Crippen molar-refractivity contribution < 1.29 is 9.18 Å². The second-order valence-corrected chi connectivity index (χ2v) is 7.63. The van der Waals surface area contributed by atoms with E-state index in [1.165, 1.54) is 11.6 Å². The van der Waals surface area contributed by atoms with Gasteiger partial charge < -0.3 is 4.90 Å². The van der Waals surface area contributed by atoms with E-state index < -0.39 is 0 Å². The third-order valence-corrected chi connectivity index (χ3v) is 5.40. The van der Waals surface area contributed by atoms with Crippen molar-refractivity contribution in [1.29, 1.82) is 0 Å². The third kappa shape index (κ3) is 6.14. The summed E-state index contributed by atoms with van der Waals surface area (Å²) in [6, 6.07) is 17.5. The number of rotatable bonds is 9. The van der Waals surface area contributed by atoms with Gasteiger partial charge in [0.05, 0.1) is 0 Å². The van der Waals surface area contributed by atoms with E-state index in [2.05, 4.69) is 23.0 Å². The molecule has 28 heavy (non-hydrogen) atoms. The Morgan fingerprint density at radius 1 is 1.11 bits per heavy atom. The molecule has 2 aromatic rings. The van der Waals surface area contributed by atoms with Gasteiger partial charge in [0, 0.05) is 32.1 Å². The van der Waals surface area contributed by atoms with Crippen molar-refractivity contribution in [3.63, 3.8) is 0 Å². The minimum absolute atomic E-state index is 0.137. The third-order valence-electron chi connectivity index (χ3n) is 5.40. The molecule has 2 aromatic carbocycles. The van der Waals surface area contributed by atoms with E-state index >= 15 is 0 Å². The minimum Gasteiger partial charge on any atom is -0.346 e. The van der Waals surface area contributed by atoms with Gasteiger partial charge in [-0.05, 0) is 55.4 Å². The summed E-state index contributed by atoms with van der Waals surface area (Å²) in [5, 5.41) is 0. The summed E-state index contributed by atoms with van der Waals surface area (Å²) in [5.74, 6) is 0.0150. The van der Waals surface area contributed by atoms with Crippen LogP contribution in [-0.2, 0) is 11.2 Å². The fourth-order valence-electron chi connectivity index (χ4n) is 3.73. The molecule has 0 aromatic heterocycles. The zero-order valence-corrected chi connectivity index (χ0v) is 16.5. The van der Waals surface area contributed by atoms with Gasteiger partial charge in [0.25, 0.3) is 0 Å². The van der Waals surface area contributed by atoms with E-state index in [1.54, 1.807) is 12.1 Å². The Kier molecular flexibility index (Phi) is 7.57. The van der Waals surface area contributed by atoms with Crippen LogP contribution in [0.2, 0.25) is 0 Å². The number of nitrogens with one attached hydrogen (secondary N) is 2. The molecule has 3 rings (SSSR count). The van der Waals surface area contributed by atoms with Gasteiger partial charge in [-0.3, -0.25) is 15.6 Å². The summed E-state index contributed by atoms with van der Waals surface area (Å²) in [6.07, 6.45) is 5.29. The molecule has 1 aliphatic rings. The molecule has 1 saturated heterocycles. The van der Waals surface area contributed by atoms with Crippen molar-refractivity contribution in [1.82, 2.24) is 15.8 Å². The Labute approximate surface area is 167 Å². The van der Waals surface area contributed by atoms with Crippen LogP contribution in [-0.4, -0.2) is 30.4 Å². The maximum Gasteiger partial charge on any atom is 0.222 e. The zero-order valence-electron chi connectivity index (χ0n) is 16.5. The van der Waals surface area contributed by atoms with Gasteiger partial charge in [0.2, 0.25) is 5.91 Å². The normalized spacial score (nSPS) is 18.9. The van der Waals surface area contributed by atoms with E-state index in [9.17, 15) is 9.18 Å². The molecule has 4 nitrogen and oxygen atoms in total. The SMILES string of the molecule is CN(CCCC1CC(c2cccc(F)c2)NN1)C(=O)CCCc1ccccc1. The van der Waals surface area contributed by atoms with E-state index in [0.29, 0.717) is 12.5 Å². The quantitative estimate of drug-likeness (QED) is 0.688. The van der Waals surface area contributed by atoms with Crippen molar-refractivity contribution in [2.24, 2.45) is 0 Å². The molecule has 5 heteroatoms. The number of hydrogen-bond donors (Lipinski definition) is 2. The molecule has 0 bridgehead atoms. The van der Waals surface area contributed by atoms with Crippen LogP contribution in [0, 0.1) is 5.82 Å². The van der Waals surface area contributed by atoms with Gasteiger partial charge in [-0.2, -0.15) is 0 Å². The van der Waals surface area contributed by atoms with Gasteiger partial charge in [-0.1, -0.05) is 42.5 Å². The maximum atomic E-state index is 13.4. The van der Waals surface area contributed by atoms with Crippen molar-refractivity contribution in [3.05, 3.63) is 71.5 Å². The number of hydrazine groups is 1. The summed E-state index contributed by atoms with van der Waals surface area (Å²) in [4.78, 5) is 14.1. The molecular formula is C23H30FN3O. The Balaban J connectivity index is 1.31. The van der Waals surface area contributed by atoms with Gasteiger partial charge in [0.15, 0.2) is 0 Å². The lowest BCUT2D eigenvalue weighted by molar-refractivity contribution is -0.130. The van der Waals surface area contributed by atoms with Crippen LogP contribution in [0.5, 0.6) is 0 Å². The van der Waals surface area contributed by atoms with E-state index in [-0.39, 0.29) is 17.8 Å². The first kappa shape index (κ1) is 20.5. The predicted octanol–water partition coefficient (Wildman–Crippen LogP) is 3.99. The van der Waals surface area contributed by atoms with Crippen molar-refractivity contribution in [2.75, 3.05) is 13.6 Å². The van der Waals surface area contributed by atoms with Crippen LogP contribution in [0.15, 0.2) is 54.6 Å². The van der Waals surface area contributed by atoms with Crippen LogP contribution < -0.4 is 10.9 Å². The second-order valence-electron chi connectivity index (χ2n) is 7.63. The van der Waals surface area contributed by atoms with Crippen LogP contribution in [0.1, 0.15) is 49.3 Å². The van der Waals surface area contributed by atoms with Crippen molar-refractivity contribution >= 4 is 5.91 Å². The molecule has 150 valence electrons. The monoisotopic (exact) mass is 383 g/mol. The first-order valence-corrected chi connectivity index (χ1v) is 10.2. The average molecular weight is 384 g/mol. The molecule has 0 spiro atoms. The van der Waals surface area contributed by atoms with Gasteiger partial charge >= 0.3 is 0 Å². The number of amides is 1. The largest absolute Gasteiger partial charge is 0.346 e. The molecule has 1 amide bonds. The molecule has 0 aliphatic carbocycles. The summed E-state index contributed by atoms with van der Waals surface area (Å²) in [5.41, 5.74) is 8.82. The number of carbonyl (C=O) groups is 1. The van der Waals surface area contributed by atoms with Gasteiger partial charge in [0.1, 0.15) is 5.82 Å². The summed E-state index contributed by atoms with van der Waals surface area (Å²) in [7, 11) is 1.89. The lowest BCUT2D eigenvalue weighted by Gasteiger charge is -2.18. The number of nitrogens with zero attached hydrogens (tertiary/aromatic N) is 1. The molecular weight excluding hydrogens is 353 g/mol. The fourth-order valence-corrected chi connectivity index (χ4v) is 3.73. The van der Waals surface area contributed by atoms with Crippen LogP contribution in [0.25, 0.3) is 0 Å². The van der Waals surface area contributed by atoms with Crippen molar-refractivity contribution in [2.45, 2.75) is 50.6 Å². The van der Waals surface area contributed by atoms with Crippen LogP contribution >= 0.6 is 0 Å². The molecule has 1 fully saturated rings. The highest BCUT2D eigenvalue weighted by Crippen LogP contribution is 2.24. The predicted molar refractivity (Wildman–Crippen MR) is 110 cm³/mol. The highest BCUT2D eigenvalue weighted by Gasteiger charge is 2.24. The molecule has 0 saturated carbocycles. The lowest BCUT2D eigenvalue weighted by Crippen LogP contribution is -2.32. The Morgan fingerprint density at radius 3 is 2.71 bits per heavy atom. The van der Waals surface area contributed by atoms with Crippen LogP contribution in [0.4, 0.5) is 4.39 Å². The highest BCUT2D eigenvalue weighted by molar-refractivity contribution is 5.75. The Morgan fingerprint density at radius 2 is 1.93 bits per heavy atom. The van der Waals surface area contributed by atoms with Crippen LogP contribution in [0.3, 0.4) is 0 Å². The number of aryl methyl sites for hydroxylation is 1. The van der Waals surface area contributed by atoms with Gasteiger partial charge in [-0.25, -0.2) is 4.39 Å². The molecule has 1 aliphatic heterocycles. The average Bonchev–Trinajstić information content (AvgIpc) is 3.17. The van der Waals surface area contributed by atoms with E-state index in [1.807, 2.05) is 36.2 Å². The van der Waals surface area contributed by atoms with E-state index in [4.69, 9.17) is 0 Å². The summed E-state index contributed by atoms with van der Waals surface area (Å²) < 4.78 is 13.4. The maximum absolute atomic E-state index is 13.4. The van der Waals surface area contributed by atoms with Crippen molar-refractivity contribution in [3.8, 4) is 0 Å². The molecule has 0 radical (unpaired) electrons. The smallest absolute Gasteiger partial charge is 0.222 e. The number of carbonyl (C=O) groups excluding carboxylic acids is 1. The number of halogens is 1. The zero-order chi connectivity index (χ0) is 19.8. The number of hydrogen-bond acceptors (Lipinski definition) is 3. The van der Waals surface area contributed by atoms with E-state index in [0.717, 1.165) is 44.2 Å². The standard InChI is InChI=1S/C23H30FN3O/c1-27(23(28)14-5-10-18-8-3-2-4-9-18)15-7-13-21-17-22(26-25-21)19-11-6-12-20(24)16-19/h2-4,6,8-9,11-12,16,21-22,25-26H,5,7,10,13-15,17H2,1H3. The first-order valence-electron chi connectivity index (χ1n) is 10.2. The first-order chi connectivity index (χ1) is 13.6.